The Balaban J connectivity index is 1.06. The molecule has 0 heterocycles. The Morgan fingerprint density at radius 2 is 0.278 bits per heavy atom. The molecule has 13 aromatic rings. The Hall–Kier alpha value is -14.7. The molecular weight excluding hydrogens is 1360 g/mol. The van der Waals surface area contributed by atoms with E-state index in [4.69, 9.17) is 28.4 Å². The summed E-state index contributed by atoms with van der Waals surface area (Å²) in [5.41, 5.74) is 12.2. The van der Waals surface area contributed by atoms with Crippen LogP contribution >= 0.6 is 0 Å². The van der Waals surface area contributed by atoms with Gasteiger partial charge in [-0.15, -0.1) is 0 Å². The highest BCUT2D eigenvalue weighted by atomic mass is 16.5. The van der Waals surface area contributed by atoms with Gasteiger partial charge in [-0.3, -0.25) is 0 Å². The third-order valence-electron chi connectivity index (χ3n) is 18.2. The molecule has 0 bridgehead atoms. The second kappa shape index (κ2) is 31.9. The molecule has 0 fully saturated rings. The first-order valence-corrected chi connectivity index (χ1v) is 33.9. The smallest absolute Gasteiger partial charge is 0.335 e. The second-order valence-electron chi connectivity index (χ2n) is 24.5. The van der Waals surface area contributed by atoms with E-state index in [9.17, 15) is 39.6 Å². The molecule has 4 N–H and O–H groups in total. The molecule has 0 saturated carbocycles. The van der Waals surface area contributed by atoms with Gasteiger partial charge in [0.05, 0.1) is 99.0 Å². The van der Waals surface area contributed by atoms with Crippen LogP contribution in [-0.4, -0.2) is 87.0 Å². The number of aromatic carboxylic acids is 4. The molecule has 108 heavy (non-hydrogen) atoms. The summed E-state index contributed by atoms with van der Waals surface area (Å²) in [6, 6.07) is 92.2. The number of anilines is 18. The highest BCUT2D eigenvalue weighted by Crippen LogP contribution is 2.50. The number of rotatable bonds is 28. The van der Waals surface area contributed by atoms with Gasteiger partial charge in [-0.2, -0.15) is 0 Å². The minimum atomic E-state index is -1.09. The van der Waals surface area contributed by atoms with Crippen LogP contribution in [-0.2, 0) is 0 Å². The van der Waals surface area contributed by atoms with E-state index in [0.717, 1.165) is 0 Å². The number of benzene rings is 13. The zero-order valence-electron chi connectivity index (χ0n) is 59.4. The summed E-state index contributed by atoms with van der Waals surface area (Å²) in [5.74, 6) is -0.700. The summed E-state index contributed by atoms with van der Waals surface area (Å²) in [7, 11) is 9.57. The SMILES string of the molecule is COc1ccc(N(c2ccc(C(=O)O)cc2)c2cc(N(c3ccc(OC)cc3)c3ccc(C(=O)O)cc3)cc(N(c3ccc(OC)cc3)c3ccc(N(c4ccc(OC)cc4)c4cc(N(c5ccc(OC)cc5)c5ccc(C(=O)O)cc5)cc(N(c5ccc(OC)cc5)c5ccc(C(=O)O)cc5)c4)cc3)c2)cc1. The number of hydrogen-bond donors (Lipinski definition) is 4. The monoisotopic (exact) mass is 1440 g/mol. The Morgan fingerprint density at radius 1 is 0.176 bits per heavy atom. The number of hydrogen-bond acceptors (Lipinski definition) is 16. The van der Waals surface area contributed by atoms with Crippen molar-refractivity contribution in [1.29, 1.82) is 0 Å². The highest BCUT2D eigenvalue weighted by Gasteiger charge is 2.27. The number of carbonyl (C=O) groups is 4. The molecule has 0 saturated heterocycles. The number of nitrogens with zero attached hydrogens (tertiary/aromatic N) is 6. The summed E-state index contributed by atoms with van der Waals surface area (Å²) in [6.07, 6.45) is 0. The van der Waals surface area contributed by atoms with Crippen LogP contribution in [0.25, 0.3) is 0 Å². The van der Waals surface area contributed by atoms with Crippen LogP contribution in [0.5, 0.6) is 34.5 Å². The van der Waals surface area contributed by atoms with Crippen LogP contribution in [0.3, 0.4) is 0 Å². The molecule has 0 amide bonds. The molecule has 13 rings (SSSR count). The lowest BCUT2D eigenvalue weighted by Crippen LogP contribution is -2.17. The summed E-state index contributed by atoms with van der Waals surface area (Å²) >= 11 is 0. The van der Waals surface area contributed by atoms with Crippen molar-refractivity contribution in [3.8, 4) is 34.5 Å². The fourth-order valence-electron chi connectivity index (χ4n) is 12.8. The van der Waals surface area contributed by atoms with Gasteiger partial charge in [0.15, 0.2) is 0 Å². The first-order chi connectivity index (χ1) is 52.5. The average Bonchev–Trinajstić information content (AvgIpc) is 0.764. The third-order valence-corrected chi connectivity index (χ3v) is 18.2. The van der Waals surface area contributed by atoms with Crippen LogP contribution in [0.15, 0.2) is 303 Å². The Morgan fingerprint density at radius 3 is 0.380 bits per heavy atom. The number of ether oxygens (including phenoxy) is 6. The fourth-order valence-corrected chi connectivity index (χ4v) is 12.8. The van der Waals surface area contributed by atoms with Crippen LogP contribution in [0.4, 0.5) is 102 Å². The average molecular weight is 1440 g/mol. The van der Waals surface area contributed by atoms with Gasteiger partial charge in [-0.05, 0) is 303 Å². The van der Waals surface area contributed by atoms with Gasteiger partial charge < -0.3 is 78.2 Å². The van der Waals surface area contributed by atoms with Gasteiger partial charge in [0.25, 0.3) is 0 Å². The standard InChI is InChI=1S/C88H72N6O14/c1-103-79-39-27-67(28-40-79)89(61-15-7-57(8-16-61)85(95)96)73-51-74(90(68-29-41-80(104-2)42-30-68)62-17-9-58(10-18-62)86(97)98)54-77(53-73)93(71-35-47-83(107-5)48-36-71)65-23-25-66(26-24-65)94(72-37-49-84(108-6)50-38-72)78-55-75(91(69-31-43-81(105-3)44-32-69)63-19-11-59(12-20-63)87(99)100)52-76(56-78)92(70-33-45-82(106-4)46-34-70)64-21-13-60(14-22-64)88(101)102/h7-56H,1-6H3,(H,95,96)(H,97,98)(H,99,100)(H,101,102). The van der Waals surface area contributed by atoms with E-state index < -0.39 is 23.9 Å². The molecule has 0 radical (unpaired) electrons. The van der Waals surface area contributed by atoms with Crippen LogP contribution in [0, 0.1) is 0 Å². The van der Waals surface area contributed by atoms with E-state index in [1.807, 2.05) is 226 Å². The topological polar surface area (TPSA) is 224 Å². The quantitative estimate of drug-likeness (QED) is 0.0358. The first kappa shape index (κ1) is 71.7. The van der Waals surface area contributed by atoms with Crippen molar-refractivity contribution in [2.75, 3.05) is 72.1 Å². The summed E-state index contributed by atoms with van der Waals surface area (Å²) in [5, 5.41) is 40.7. The second-order valence-corrected chi connectivity index (χ2v) is 24.5. The molecule has 0 aliphatic heterocycles. The lowest BCUT2D eigenvalue weighted by atomic mass is 10.1. The highest BCUT2D eigenvalue weighted by molar-refractivity contribution is 5.96. The van der Waals surface area contributed by atoms with E-state index in [2.05, 4.69) is 9.80 Å². The maximum Gasteiger partial charge on any atom is 0.335 e. The molecule has 20 nitrogen and oxygen atoms in total. The molecule has 538 valence electrons. The predicted octanol–water partition coefficient (Wildman–Crippen LogP) is 21.3. The van der Waals surface area contributed by atoms with Crippen LogP contribution in [0.1, 0.15) is 41.4 Å². The van der Waals surface area contributed by atoms with Gasteiger partial charge in [-0.25, -0.2) is 19.2 Å². The normalized spacial score (nSPS) is 10.8. The van der Waals surface area contributed by atoms with Crippen LogP contribution in [0.2, 0.25) is 0 Å². The number of methoxy groups -OCH3 is 6. The van der Waals surface area contributed by atoms with E-state index in [-0.39, 0.29) is 22.3 Å². The lowest BCUT2D eigenvalue weighted by Gasteiger charge is -2.34. The van der Waals surface area contributed by atoms with Crippen molar-refractivity contribution >= 4 is 126 Å². The molecular formula is C88H72N6O14. The lowest BCUT2D eigenvalue weighted by molar-refractivity contribution is 0.0686. The van der Waals surface area contributed by atoms with E-state index in [1.54, 1.807) is 140 Å². The number of carboxylic acid groups (broad SMARTS) is 4. The number of carboxylic acids is 4. The molecule has 13 aromatic carbocycles. The minimum absolute atomic E-state index is 0.0897. The van der Waals surface area contributed by atoms with Crippen molar-refractivity contribution in [3.05, 3.63) is 326 Å². The molecule has 0 spiro atoms. The minimum Gasteiger partial charge on any atom is -0.497 e. The molecule has 0 aliphatic carbocycles. The zero-order valence-corrected chi connectivity index (χ0v) is 59.4. The molecule has 0 atom stereocenters. The molecule has 0 aliphatic rings. The van der Waals surface area contributed by atoms with Gasteiger partial charge in [-0.1, -0.05) is 0 Å². The van der Waals surface area contributed by atoms with Crippen molar-refractivity contribution in [2.24, 2.45) is 0 Å². The Bertz CT molecular complexity index is 4740. The fraction of sp³-hybridized carbons (Fsp3) is 0.0682. The van der Waals surface area contributed by atoms with Crippen molar-refractivity contribution < 1.29 is 68.0 Å². The van der Waals surface area contributed by atoms with Gasteiger partial charge >= 0.3 is 23.9 Å². The zero-order chi connectivity index (χ0) is 75.5. The van der Waals surface area contributed by atoms with E-state index in [1.165, 1.54) is 0 Å². The Labute approximate surface area is 623 Å². The van der Waals surface area contributed by atoms with Crippen molar-refractivity contribution in [1.82, 2.24) is 0 Å². The van der Waals surface area contributed by atoms with Crippen LogP contribution < -0.4 is 57.8 Å². The third kappa shape index (κ3) is 15.5. The summed E-state index contributed by atoms with van der Waals surface area (Å²) in [4.78, 5) is 62.1. The van der Waals surface area contributed by atoms with E-state index in [0.29, 0.717) is 137 Å². The summed E-state index contributed by atoms with van der Waals surface area (Å²) < 4.78 is 34.2. The van der Waals surface area contributed by atoms with Crippen molar-refractivity contribution in [3.63, 3.8) is 0 Å². The molecule has 0 unspecified atom stereocenters. The molecule has 20 heteroatoms. The first-order valence-electron chi connectivity index (χ1n) is 33.9. The maximum atomic E-state index is 12.5. The van der Waals surface area contributed by atoms with Crippen molar-refractivity contribution in [2.45, 2.75) is 0 Å². The van der Waals surface area contributed by atoms with E-state index >= 15 is 0 Å². The largest absolute Gasteiger partial charge is 0.497 e. The summed E-state index contributed by atoms with van der Waals surface area (Å²) in [6.45, 7) is 0. The van der Waals surface area contributed by atoms with Gasteiger partial charge in [0.1, 0.15) is 34.5 Å². The predicted molar refractivity (Wildman–Crippen MR) is 422 cm³/mol. The maximum absolute atomic E-state index is 12.5. The molecule has 0 aromatic heterocycles. The van der Waals surface area contributed by atoms with Gasteiger partial charge in [0, 0.05) is 68.2 Å². The van der Waals surface area contributed by atoms with Gasteiger partial charge in [0.2, 0.25) is 0 Å². The Kier molecular flexibility index (Phi) is 21.2.